The molecule has 3 rings (SSSR count). The SMILES string of the molecule is Cc1ccc(C2(C#N)CCN(C(=O)OCc3ccccc3)CC2)cc1C. The van der Waals surface area contributed by atoms with E-state index in [-0.39, 0.29) is 12.7 Å². The minimum atomic E-state index is -0.519. The fraction of sp³-hybridized carbons (Fsp3) is 0.364. The van der Waals surface area contributed by atoms with Crippen molar-refractivity contribution in [2.24, 2.45) is 0 Å². The van der Waals surface area contributed by atoms with Gasteiger partial charge in [0, 0.05) is 13.1 Å². The number of nitrogens with zero attached hydrogens (tertiary/aromatic N) is 2. The summed E-state index contributed by atoms with van der Waals surface area (Å²) in [4.78, 5) is 14.0. The number of aryl methyl sites for hydroxylation is 2. The van der Waals surface area contributed by atoms with E-state index in [2.05, 4.69) is 38.1 Å². The zero-order valence-corrected chi connectivity index (χ0v) is 15.4. The van der Waals surface area contributed by atoms with Gasteiger partial charge in [-0.2, -0.15) is 5.26 Å². The lowest BCUT2D eigenvalue weighted by molar-refractivity contribution is 0.0826. The van der Waals surface area contributed by atoms with Crippen LogP contribution in [0.1, 0.15) is 35.1 Å². The van der Waals surface area contributed by atoms with Crippen LogP contribution in [-0.2, 0) is 16.8 Å². The summed E-state index contributed by atoms with van der Waals surface area (Å²) in [6, 6.07) is 18.4. The van der Waals surface area contributed by atoms with Crippen LogP contribution in [0.25, 0.3) is 0 Å². The van der Waals surface area contributed by atoms with Crippen molar-refractivity contribution in [2.45, 2.75) is 38.7 Å². The highest BCUT2D eigenvalue weighted by Gasteiger charge is 2.38. The van der Waals surface area contributed by atoms with Gasteiger partial charge < -0.3 is 9.64 Å². The van der Waals surface area contributed by atoms with E-state index in [4.69, 9.17) is 4.74 Å². The van der Waals surface area contributed by atoms with Crippen molar-refractivity contribution in [1.29, 1.82) is 5.26 Å². The largest absolute Gasteiger partial charge is 0.445 e. The molecule has 26 heavy (non-hydrogen) atoms. The third kappa shape index (κ3) is 3.72. The molecule has 0 aliphatic carbocycles. The van der Waals surface area contributed by atoms with Crippen LogP contribution >= 0.6 is 0 Å². The van der Waals surface area contributed by atoms with Crippen LogP contribution in [0.15, 0.2) is 48.5 Å². The van der Waals surface area contributed by atoms with Crippen LogP contribution in [0.2, 0.25) is 0 Å². The first kappa shape index (κ1) is 18.0. The minimum absolute atomic E-state index is 0.275. The maximum absolute atomic E-state index is 12.3. The molecule has 1 aliphatic heterocycles. The lowest BCUT2D eigenvalue weighted by atomic mass is 9.73. The summed E-state index contributed by atoms with van der Waals surface area (Å²) < 4.78 is 5.41. The predicted molar refractivity (Wildman–Crippen MR) is 101 cm³/mol. The second-order valence-electron chi connectivity index (χ2n) is 7.02. The molecule has 4 heteroatoms. The van der Waals surface area contributed by atoms with Crippen LogP contribution < -0.4 is 0 Å². The Bertz CT molecular complexity index is 816. The third-order valence-electron chi connectivity index (χ3n) is 5.35. The predicted octanol–water partition coefficient (Wildman–Crippen LogP) is 4.50. The molecule has 0 bridgehead atoms. The molecule has 0 saturated carbocycles. The smallest absolute Gasteiger partial charge is 0.410 e. The van der Waals surface area contributed by atoms with Gasteiger partial charge in [0.15, 0.2) is 0 Å². The van der Waals surface area contributed by atoms with E-state index in [1.807, 2.05) is 30.3 Å². The molecule has 134 valence electrons. The average Bonchev–Trinajstić information content (AvgIpc) is 2.69. The van der Waals surface area contributed by atoms with Crippen molar-refractivity contribution in [3.8, 4) is 6.07 Å². The summed E-state index contributed by atoms with van der Waals surface area (Å²) in [6.45, 7) is 5.49. The summed E-state index contributed by atoms with van der Waals surface area (Å²) in [7, 11) is 0. The number of ether oxygens (including phenoxy) is 1. The average molecular weight is 348 g/mol. The fourth-order valence-corrected chi connectivity index (χ4v) is 3.39. The summed E-state index contributed by atoms with van der Waals surface area (Å²) in [5.74, 6) is 0. The van der Waals surface area contributed by atoms with E-state index < -0.39 is 5.41 Å². The molecule has 1 heterocycles. The Morgan fingerprint density at radius 2 is 1.81 bits per heavy atom. The molecule has 1 saturated heterocycles. The van der Waals surface area contributed by atoms with E-state index in [1.54, 1.807) is 4.90 Å². The van der Waals surface area contributed by atoms with Crippen LogP contribution in [0, 0.1) is 25.2 Å². The first-order valence-electron chi connectivity index (χ1n) is 8.99. The number of hydrogen-bond acceptors (Lipinski definition) is 3. The van der Waals surface area contributed by atoms with Gasteiger partial charge in [0.25, 0.3) is 0 Å². The molecule has 0 radical (unpaired) electrons. The number of nitriles is 1. The van der Waals surface area contributed by atoms with Gasteiger partial charge in [-0.3, -0.25) is 0 Å². The van der Waals surface area contributed by atoms with E-state index >= 15 is 0 Å². The van der Waals surface area contributed by atoms with Gasteiger partial charge in [0.1, 0.15) is 6.61 Å². The number of benzene rings is 2. The molecule has 2 aromatic carbocycles. The van der Waals surface area contributed by atoms with E-state index in [1.165, 1.54) is 11.1 Å². The Labute approximate surface area is 155 Å². The second kappa shape index (κ2) is 7.61. The van der Waals surface area contributed by atoms with Gasteiger partial charge in [-0.15, -0.1) is 0 Å². The van der Waals surface area contributed by atoms with Gasteiger partial charge in [0.2, 0.25) is 0 Å². The van der Waals surface area contributed by atoms with Crippen molar-refractivity contribution in [3.05, 3.63) is 70.8 Å². The number of amides is 1. The molecular weight excluding hydrogens is 324 g/mol. The summed E-state index contributed by atoms with van der Waals surface area (Å²) in [5.41, 5.74) is 3.93. The highest BCUT2D eigenvalue weighted by molar-refractivity contribution is 5.68. The number of hydrogen-bond donors (Lipinski definition) is 0. The van der Waals surface area contributed by atoms with Crippen LogP contribution in [0.4, 0.5) is 4.79 Å². The van der Waals surface area contributed by atoms with Gasteiger partial charge in [-0.05, 0) is 48.9 Å². The van der Waals surface area contributed by atoms with Crippen molar-refractivity contribution < 1.29 is 9.53 Å². The van der Waals surface area contributed by atoms with Crippen LogP contribution in [0.5, 0.6) is 0 Å². The zero-order chi connectivity index (χ0) is 18.6. The number of piperidine rings is 1. The molecule has 0 N–H and O–H groups in total. The van der Waals surface area contributed by atoms with Crippen molar-refractivity contribution in [1.82, 2.24) is 4.90 Å². The normalized spacial score (nSPS) is 16.0. The first-order valence-corrected chi connectivity index (χ1v) is 8.99. The Balaban J connectivity index is 1.62. The summed E-state index contributed by atoms with van der Waals surface area (Å²) in [6.07, 6.45) is 0.958. The molecular formula is C22H24N2O2. The Morgan fingerprint density at radius 3 is 2.42 bits per heavy atom. The fourth-order valence-electron chi connectivity index (χ4n) is 3.39. The quantitative estimate of drug-likeness (QED) is 0.821. The van der Waals surface area contributed by atoms with E-state index in [0.29, 0.717) is 25.9 Å². The van der Waals surface area contributed by atoms with Crippen molar-refractivity contribution in [2.75, 3.05) is 13.1 Å². The van der Waals surface area contributed by atoms with Crippen LogP contribution in [-0.4, -0.2) is 24.1 Å². The molecule has 0 aromatic heterocycles. The Morgan fingerprint density at radius 1 is 1.12 bits per heavy atom. The second-order valence-corrected chi connectivity index (χ2v) is 7.02. The minimum Gasteiger partial charge on any atom is -0.445 e. The number of rotatable bonds is 3. The van der Waals surface area contributed by atoms with Crippen LogP contribution in [0.3, 0.4) is 0 Å². The molecule has 1 fully saturated rings. The molecule has 0 atom stereocenters. The number of carbonyl (C=O) groups excluding carboxylic acids is 1. The molecule has 1 aliphatic rings. The molecule has 0 spiro atoms. The number of carbonyl (C=O) groups is 1. The van der Waals surface area contributed by atoms with Crippen molar-refractivity contribution in [3.63, 3.8) is 0 Å². The topological polar surface area (TPSA) is 53.3 Å². The van der Waals surface area contributed by atoms with E-state index in [9.17, 15) is 10.1 Å². The standard InChI is InChI=1S/C22H24N2O2/c1-17-8-9-20(14-18(17)2)22(16-23)10-12-24(13-11-22)21(25)26-15-19-6-4-3-5-7-19/h3-9,14H,10-13,15H2,1-2H3. The van der Waals surface area contributed by atoms with Gasteiger partial charge in [-0.25, -0.2) is 4.79 Å². The highest BCUT2D eigenvalue weighted by atomic mass is 16.6. The van der Waals surface area contributed by atoms with Gasteiger partial charge >= 0.3 is 6.09 Å². The highest BCUT2D eigenvalue weighted by Crippen LogP contribution is 2.36. The maximum Gasteiger partial charge on any atom is 0.410 e. The molecule has 0 unspecified atom stereocenters. The van der Waals surface area contributed by atoms with Crippen molar-refractivity contribution >= 4 is 6.09 Å². The molecule has 2 aromatic rings. The lowest BCUT2D eigenvalue weighted by Crippen LogP contribution is -2.44. The Hall–Kier alpha value is -2.80. The zero-order valence-electron chi connectivity index (χ0n) is 15.4. The summed E-state index contributed by atoms with van der Waals surface area (Å²) in [5, 5.41) is 9.85. The third-order valence-corrected chi connectivity index (χ3v) is 5.35. The maximum atomic E-state index is 12.3. The first-order chi connectivity index (χ1) is 12.5. The van der Waals surface area contributed by atoms with Gasteiger partial charge in [0.05, 0.1) is 11.5 Å². The van der Waals surface area contributed by atoms with E-state index in [0.717, 1.165) is 11.1 Å². The number of likely N-dealkylation sites (tertiary alicyclic amines) is 1. The summed E-state index contributed by atoms with van der Waals surface area (Å²) >= 11 is 0. The Kier molecular flexibility index (Phi) is 5.27. The molecule has 1 amide bonds. The van der Waals surface area contributed by atoms with Gasteiger partial charge in [-0.1, -0.05) is 48.5 Å². The lowest BCUT2D eigenvalue weighted by Gasteiger charge is -2.37. The monoisotopic (exact) mass is 348 g/mol. The molecule has 4 nitrogen and oxygen atoms in total.